The third-order valence-corrected chi connectivity index (χ3v) is 5.59. The molecular formula is C21H26N2O4. The van der Waals surface area contributed by atoms with Gasteiger partial charge in [-0.25, -0.2) is 9.69 Å². The second-order valence-electron chi connectivity index (χ2n) is 7.26. The Bertz CT molecular complexity index is 780. The maximum absolute atomic E-state index is 12.9. The number of urea groups is 1. The fraction of sp³-hybridized carbons (Fsp3) is 0.524. The van der Waals surface area contributed by atoms with Crippen LogP contribution >= 0.6 is 0 Å². The highest BCUT2D eigenvalue weighted by Gasteiger charge is 2.48. The number of carbonyl (C=O) groups excluding carboxylic acids is 4. The second-order valence-corrected chi connectivity index (χ2v) is 7.26. The summed E-state index contributed by atoms with van der Waals surface area (Å²) in [6, 6.07) is 4.86. The van der Waals surface area contributed by atoms with E-state index in [9.17, 15) is 19.2 Å². The number of Topliss-reactive ketones (excluding diaryl/α,β-unsaturated/α-hetero) is 1. The standard InChI is InChI=1S/C21H26N2O4/c1-3-14-10-11-15(4-2)17(12-14)18(24)13-22-19(25)20(26)23(21(22)27)16-8-6-5-7-9-16/h10-12,16H,3-9,13H2,1-2H3. The highest BCUT2D eigenvalue weighted by Crippen LogP contribution is 2.27. The van der Waals surface area contributed by atoms with Crippen LogP contribution in [0.25, 0.3) is 0 Å². The molecule has 3 rings (SSSR count). The van der Waals surface area contributed by atoms with Gasteiger partial charge in [-0.15, -0.1) is 0 Å². The zero-order valence-corrected chi connectivity index (χ0v) is 16.0. The van der Waals surface area contributed by atoms with Gasteiger partial charge in [-0.1, -0.05) is 45.2 Å². The van der Waals surface area contributed by atoms with Crippen LogP contribution in [0.1, 0.15) is 67.4 Å². The summed E-state index contributed by atoms with van der Waals surface area (Å²) < 4.78 is 0. The number of carbonyl (C=O) groups is 4. The average Bonchev–Trinajstić information content (AvgIpc) is 2.91. The van der Waals surface area contributed by atoms with Crippen LogP contribution in [-0.4, -0.2) is 46.0 Å². The maximum Gasteiger partial charge on any atom is 0.334 e. The molecule has 27 heavy (non-hydrogen) atoms. The van der Waals surface area contributed by atoms with Crippen molar-refractivity contribution in [2.24, 2.45) is 0 Å². The summed E-state index contributed by atoms with van der Waals surface area (Å²) in [7, 11) is 0. The van der Waals surface area contributed by atoms with E-state index in [1.54, 1.807) is 0 Å². The monoisotopic (exact) mass is 370 g/mol. The number of hydrogen-bond donors (Lipinski definition) is 0. The molecule has 1 aliphatic carbocycles. The van der Waals surface area contributed by atoms with Gasteiger partial charge in [0.2, 0.25) is 0 Å². The number of aryl methyl sites for hydroxylation is 2. The van der Waals surface area contributed by atoms with Crippen LogP contribution in [0.2, 0.25) is 0 Å². The molecule has 1 saturated carbocycles. The largest absolute Gasteiger partial charge is 0.334 e. The molecule has 0 bridgehead atoms. The highest BCUT2D eigenvalue weighted by molar-refractivity contribution is 6.45. The van der Waals surface area contributed by atoms with Gasteiger partial charge >= 0.3 is 17.8 Å². The molecule has 2 aliphatic rings. The van der Waals surface area contributed by atoms with Crippen molar-refractivity contribution in [3.05, 3.63) is 34.9 Å². The van der Waals surface area contributed by atoms with Crippen LogP contribution in [0.5, 0.6) is 0 Å². The van der Waals surface area contributed by atoms with Gasteiger partial charge in [-0.05, 0) is 42.9 Å². The van der Waals surface area contributed by atoms with E-state index in [0.29, 0.717) is 12.0 Å². The molecule has 1 aromatic carbocycles. The molecule has 1 saturated heterocycles. The van der Waals surface area contributed by atoms with Crippen molar-refractivity contribution in [2.45, 2.75) is 64.8 Å². The normalized spacial score (nSPS) is 18.5. The molecular weight excluding hydrogens is 344 g/mol. The number of benzene rings is 1. The smallest absolute Gasteiger partial charge is 0.292 e. The number of ketones is 1. The van der Waals surface area contributed by atoms with Crippen molar-refractivity contribution < 1.29 is 19.2 Å². The molecule has 0 radical (unpaired) electrons. The third kappa shape index (κ3) is 3.66. The van der Waals surface area contributed by atoms with E-state index >= 15 is 0 Å². The lowest BCUT2D eigenvalue weighted by molar-refractivity contribution is -0.144. The fourth-order valence-electron chi connectivity index (χ4n) is 3.96. The lowest BCUT2D eigenvalue weighted by Gasteiger charge is -2.28. The van der Waals surface area contributed by atoms with E-state index in [1.165, 1.54) is 0 Å². The number of hydrogen-bond acceptors (Lipinski definition) is 4. The van der Waals surface area contributed by atoms with Crippen molar-refractivity contribution in [3.63, 3.8) is 0 Å². The van der Waals surface area contributed by atoms with Crippen LogP contribution in [0.15, 0.2) is 18.2 Å². The van der Waals surface area contributed by atoms with Gasteiger partial charge in [-0.2, -0.15) is 0 Å². The van der Waals surface area contributed by atoms with Gasteiger partial charge in [0.05, 0.1) is 6.54 Å². The van der Waals surface area contributed by atoms with Crippen molar-refractivity contribution in [3.8, 4) is 0 Å². The van der Waals surface area contributed by atoms with Crippen molar-refractivity contribution >= 4 is 23.6 Å². The van der Waals surface area contributed by atoms with E-state index in [1.807, 2.05) is 32.0 Å². The van der Waals surface area contributed by atoms with Gasteiger partial charge in [0.15, 0.2) is 5.78 Å². The van der Waals surface area contributed by atoms with E-state index in [4.69, 9.17) is 0 Å². The quantitative estimate of drug-likeness (QED) is 0.438. The fourth-order valence-corrected chi connectivity index (χ4v) is 3.96. The minimum atomic E-state index is -0.886. The van der Waals surface area contributed by atoms with E-state index < -0.39 is 17.8 Å². The molecule has 0 atom stereocenters. The summed E-state index contributed by atoms with van der Waals surface area (Å²) in [6.45, 7) is 3.58. The van der Waals surface area contributed by atoms with Gasteiger partial charge in [0, 0.05) is 11.6 Å². The van der Waals surface area contributed by atoms with Crippen molar-refractivity contribution in [2.75, 3.05) is 6.54 Å². The average molecular weight is 370 g/mol. The van der Waals surface area contributed by atoms with E-state index in [-0.39, 0.29) is 18.4 Å². The number of imide groups is 2. The van der Waals surface area contributed by atoms with Gasteiger partial charge in [0.1, 0.15) is 0 Å². The summed E-state index contributed by atoms with van der Waals surface area (Å²) in [4.78, 5) is 52.2. The first-order valence-corrected chi connectivity index (χ1v) is 9.81. The van der Waals surface area contributed by atoms with Crippen LogP contribution < -0.4 is 0 Å². The van der Waals surface area contributed by atoms with Crippen LogP contribution in [0.3, 0.4) is 0 Å². The first-order valence-electron chi connectivity index (χ1n) is 9.81. The second kappa shape index (κ2) is 8.03. The van der Waals surface area contributed by atoms with Gasteiger partial charge in [-0.3, -0.25) is 19.3 Å². The first kappa shape index (κ1) is 19.3. The Hall–Kier alpha value is -2.50. The van der Waals surface area contributed by atoms with E-state index in [2.05, 4.69) is 0 Å². The Morgan fingerprint density at radius 2 is 1.70 bits per heavy atom. The summed E-state index contributed by atoms with van der Waals surface area (Å²) in [6.07, 6.45) is 5.89. The zero-order chi connectivity index (χ0) is 19.6. The SMILES string of the molecule is CCc1ccc(CC)c(C(=O)CN2C(=O)C(=O)N(C3CCCCC3)C2=O)c1. The molecule has 4 amide bonds. The zero-order valence-electron chi connectivity index (χ0n) is 16.0. The molecule has 0 spiro atoms. The molecule has 144 valence electrons. The van der Waals surface area contributed by atoms with Crippen LogP contribution in [-0.2, 0) is 22.4 Å². The van der Waals surface area contributed by atoms with Crippen molar-refractivity contribution in [1.29, 1.82) is 0 Å². The minimum Gasteiger partial charge on any atom is -0.292 e. The lowest BCUT2D eigenvalue weighted by Crippen LogP contribution is -2.43. The molecule has 0 unspecified atom stereocenters. The molecule has 1 aliphatic heterocycles. The summed E-state index contributed by atoms with van der Waals surface area (Å²) in [5.41, 5.74) is 2.43. The summed E-state index contributed by atoms with van der Waals surface area (Å²) in [5, 5.41) is 0. The van der Waals surface area contributed by atoms with Crippen LogP contribution in [0.4, 0.5) is 4.79 Å². The Morgan fingerprint density at radius 1 is 1.00 bits per heavy atom. The summed E-state index contributed by atoms with van der Waals surface area (Å²) in [5.74, 6) is -1.98. The Labute approximate surface area is 159 Å². The highest BCUT2D eigenvalue weighted by atomic mass is 16.2. The van der Waals surface area contributed by atoms with E-state index in [0.717, 1.165) is 59.5 Å². The predicted octanol–water partition coefficient (Wildman–Crippen LogP) is 3.12. The van der Waals surface area contributed by atoms with Crippen LogP contribution in [0, 0.1) is 0 Å². The first-order chi connectivity index (χ1) is 13.0. The summed E-state index contributed by atoms with van der Waals surface area (Å²) >= 11 is 0. The Balaban J connectivity index is 1.81. The number of nitrogens with zero attached hydrogens (tertiary/aromatic N) is 2. The molecule has 2 fully saturated rings. The molecule has 1 aromatic rings. The minimum absolute atomic E-state index is 0.225. The number of amides is 4. The Morgan fingerprint density at radius 3 is 2.33 bits per heavy atom. The lowest BCUT2D eigenvalue weighted by atomic mass is 9.94. The maximum atomic E-state index is 12.9. The Kier molecular flexibility index (Phi) is 5.73. The molecule has 6 nitrogen and oxygen atoms in total. The molecule has 0 N–H and O–H groups in total. The molecule has 1 heterocycles. The predicted molar refractivity (Wildman–Crippen MR) is 100 cm³/mol. The third-order valence-electron chi connectivity index (χ3n) is 5.59. The number of rotatable bonds is 6. The van der Waals surface area contributed by atoms with Crippen molar-refractivity contribution in [1.82, 2.24) is 9.80 Å². The van der Waals surface area contributed by atoms with Gasteiger partial charge < -0.3 is 0 Å². The molecule has 6 heteroatoms. The molecule has 0 aromatic heterocycles. The van der Waals surface area contributed by atoms with Gasteiger partial charge in [0.25, 0.3) is 0 Å². The topological polar surface area (TPSA) is 74.8 Å².